The summed E-state index contributed by atoms with van der Waals surface area (Å²) in [5.41, 5.74) is 1.03. The van der Waals surface area contributed by atoms with Crippen molar-refractivity contribution in [2.75, 3.05) is 0 Å². The maximum atomic E-state index is 11.3. The van der Waals surface area contributed by atoms with Crippen LogP contribution in [0.25, 0.3) is 10.8 Å². The van der Waals surface area contributed by atoms with Gasteiger partial charge < -0.3 is 5.11 Å². The Kier molecular flexibility index (Phi) is 6.13. The molecule has 134 valence electrons. The van der Waals surface area contributed by atoms with Crippen molar-refractivity contribution in [3.63, 3.8) is 0 Å². The van der Waals surface area contributed by atoms with Gasteiger partial charge in [-0.25, -0.2) is 9.89 Å². The minimum atomic E-state index is -1.21. The molecule has 0 radical (unpaired) electrons. The first-order valence-electron chi connectivity index (χ1n) is 7.39. The Bertz CT molecular complexity index is 1060. The lowest BCUT2D eigenvalue weighted by Crippen LogP contribution is -2.13. The predicted molar refractivity (Wildman–Crippen MR) is 101 cm³/mol. The molecule has 2 N–H and O–H groups in total. The van der Waals surface area contributed by atoms with Crippen molar-refractivity contribution >= 4 is 45.7 Å². The molecule has 0 saturated carbocycles. The molecule has 0 aliphatic heterocycles. The van der Waals surface area contributed by atoms with Crippen molar-refractivity contribution in [1.82, 2.24) is 10.2 Å². The van der Waals surface area contributed by atoms with Crippen LogP contribution in [-0.2, 0) is 0 Å². The van der Waals surface area contributed by atoms with E-state index < -0.39 is 11.5 Å². The number of hydrogen-bond acceptors (Lipinski definition) is 4. The second-order valence-corrected chi connectivity index (χ2v) is 6.28. The topological polar surface area (TPSA) is 100 Å². The van der Waals surface area contributed by atoms with Crippen LogP contribution in [0.3, 0.4) is 0 Å². The Balaban J connectivity index is 0.000000197. The number of ketones is 1. The summed E-state index contributed by atoms with van der Waals surface area (Å²) in [6.07, 6.45) is 0. The molecule has 1 aromatic heterocycles. The molecule has 0 saturated heterocycles. The molecule has 0 unspecified atom stereocenters. The van der Waals surface area contributed by atoms with Crippen LogP contribution in [0.1, 0.15) is 33.3 Å². The molecule has 0 aliphatic rings. The number of carboxylic acids is 1. The van der Waals surface area contributed by atoms with Crippen molar-refractivity contribution < 1.29 is 14.7 Å². The molecular weight excluding hydrogens is 379 g/mol. The first kappa shape index (κ1) is 19.6. The molecule has 0 amide bonds. The number of H-pyrrole nitrogens is 1. The number of carbonyl (C=O) groups is 2. The smallest absolute Gasteiger partial charge is 0.356 e. The molecule has 3 rings (SSSR count). The van der Waals surface area contributed by atoms with Crippen LogP contribution in [-0.4, -0.2) is 27.1 Å². The summed E-state index contributed by atoms with van der Waals surface area (Å²) in [5.74, 6) is -1.15. The van der Waals surface area contributed by atoms with Gasteiger partial charge in [0.1, 0.15) is 0 Å². The predicted octanol–water partition coefficient (Wildman–Crippen LogP) is 4.13. The second kappa shape index (κ2) is 8.12. The number of benzene rings is 2. The van der Waals surface area contributed by atoms with Crippen molar-refractivity contribution in [3.05, 3.63) is 73.6 Å². The van der Waals surface area contributed by atoms with E-state index in [1.165, 1.54) is 18.2 Å². The highest BCUT2D eigenvalue weighted by atomic mass is 35.5. The molecule has 3 aromatic rings. The van der Waals surface area contributed by atoms with Crippen molar-refractivity contribution in [2.45, 2.75) is 13.8 Å². The molecule has 0 fully saturated rings. The quantitative estimate of drug-likeness (QED) is 0.638. The lowest BCUT2D eigenvalue weighted by Gasteiger charge is -2.00. The molecule has 2 aromatic carbocycles. The molecule has 26 heavy (non-hydrogen) atoms. The Morgan fingerprint density at radius 2 is 1.65 bits per heavy atom. The minimum Gasteiger partial charge on any atom is -0.476 e. The van der Waals surface area contributed by atoms with Gasteiger partial charge >= 0.3 is 5.97 Å². The summed E-state index contributed by atoms with van der Waals surface area (Å²) in [7, 11) is 0. The van der Waals surface area contributed by atoms with E-state index in [4.69, 9.17) is 28.3 Å². The summed E-state index contributed by atoms with van der Waals surface area (Å²) in [4.78, 5) is 33.1. The highest BCUT2D eigenvalue weighted by molar-refractivity contribution is 6.31. The minimum absolute atomic E-state index is 0.0602. The van der Waals surface area contributed by atoms with Gasteiger partial charge in [0.05, 0.1) is 5.39 Å². The number of carbonyl (C=O) groups excluding carboxylic acids is 1. The number of aromatic carboxylic acids is 1. The first-order valence-corrected chi connectivity index (χ1v) is 8.14. The van der Waals surface area contributed by atoms with E-state index in [9.17, 15) is 14.4 Å². The Morgan fingerprint density at radius 1 is 1.04 bits per heavy atom. The van der Waals surface area contributed by atoms with Crippen LogP contribution < -0.4 is 5.56 Å². The van der Waals surface area contributed by atoms with Crippen LogP contribution in [0.4, 0.5) is 0 Å². The van der Waals surface area contributed by atoms with Gasteiger partial charge in [0, 0.05) is 21.0 Å². The van der Waals surface area contributed by atoms with Gasteiger partial charge in [0.25, 0.3) is 5.56 Å². The lowest BCUT2D eigenvalue weighted by atomic mass is 10.1. The largest absolute Gasteiger partial charge is 0.476 e. The summed E-state index contributed by atoms with van der Waals surface area (Å²) in [5, 5.41) is 15.9. The Morgan fingerprint density at radius 3 is 2.23 bits per heavy atom. The van der Waals surface area contributed by atoms with E-state index in [2.05, 4.69) is 10.2 Å². The maximum absolute atomic E-state index is 11.3. The summed E-state index contributed by atoms with van der Waals surface area (Å²) >= 11 is 11.4. The van der Waals surface area contributed by atoms with Crippen molar-refractivity contribution in [2.24, 2.45) is 0 Å². The maximum Gasteiger partial charge on any atom is 0.356 e. The van der Waals surface area contributed by atoms with Gasteiger partial charge in [-0.3, -0.25) is 9.59 Å². The fourth-order valence-electron chi connectivity index (χ4n) is 2.27. The number of aromatic nitrogens is 2. The van der Waals surface area contributed by atoms with Crippen LogP contribution in [0.15, 0.2) is 41.2 Å². The van der Waals surface area contributed by atoms with Crippen LogP contribution in [0, 0.1) is 6.92 Å². The zero-order valence-corrected chi connectivity index (χ0v) is 15.4. The van der Waals surface area contributed by atoms with E-state index in [0.717, 1.165) is 5.56 Å². The normalized spacial score (nSPS) is 10.2. The van der Waals surface area contributed by atoms with Crippen LogP contribution >= 0.6 is 23.2 Å². The van der Waals surface area contributed by atoms with Gasteiger partial charge in [-0.15, -0.1) is 0 Å². The summed E-state index contributed by atoms with van der Waals surface area (Å²) in [6.45, 7) is 3.44. The third-order valence-corrected chi connectivity index (χ3v) is 4.00. The van der Waals surface area contributed by atoms with Gasteiger partial charge in [-0.05, 0) is 49.7 Å². The number of nitrogens with zero attached hydrogens (tertiary/aromatic N) is 1. The molecule has 0 atom stereocenters. The van der Waals surface area contributed by atoms with Crippen LogP contribution in [0.5, 0.6) is 0 Å². The number of aryl methyl sites for hydroxylation is 1. The van der Waals surface area contributed by atoms with Crippen LogP contribution in [0.2, 0.25) is 10.0 Å². The monoisotopic (exact) mass is 392 g/mol. The molecule has 8 heteroatoms. The van der Waals surface area contributed by atoms with E-state index in [1.54, 1.807) is 19.1 Å². The fraction of sp³-hybridized carbons (Fsp3) is 0.111. The average Bonchev–Trinajstić information content (AvgIpc) is 2.57. The zero-order valence-electron chi connectivity index (χ0n) is 13.8. The number of Topliss-reactive ketones (excluding diaryl/α,β-unsaturated/α-hetero) is 1. The number of halogens is 2. The Hall–Kier alpha value is -2.70. The van der Waals surface area contributed by atoms with Gasteiger partial charge in [0.15, 0.2) is 11.5 Å². The van der Waals surface area contributed by atoms with E-state index >= 15 is 0 Å². The van der Waals surface area contributed by atoms with Gasteiger partial charge in [-0.1, -0.05) is 29.3 Å². The van der Waals surface area contributed by atoms with Crippen molar-refractivity contribution in [3.8, 4) is 0 Å². The highest BCUT2D eigenvalue weighted by Gasteiger charge is 2.12. The summed E-state index contributed by atoms with van der Waals surface area (Å²) < 4.78 is 0. The first-order chi connectivity index (χ1) is 12.2. The SMILES string of the molecule is CC(=O)c1cc(Cl)ccc1C.O=C(O)c1n[nH]c(=O)c2ccc(Cl)cc12. The average molecular weight is 393 g/mol. The molecule has 1 heterocycles. The zero-order chi connectivity index (χ0) is 19.4. The Labute approximate surface area is 158 Å². The standard InChI is InChI=1S/C9H5ClN2O3.C9H9ClO/c10-4-1-2-5-6(3-4)7(9(14)15)11-12-8(5)13;1-6-3-4-8(10)5-9(6)7(2)11/h1-3H,(H,12,13)(H,14,15);3-5H,1-2H3. The number of rotatable bonds is 2. The number of fused-ring (bicyclic) bond motifs is 1. The number of nitrogens with one attached hydrogen (secondary N) is 1. The van der Waals surface area contributed by atoms with E-state index in [-0.39, 0.29) is 22.2 Å². The molecule has 0 aliphatic carbocycles. The molecule has 0 spiro atoms. The van der Waals surface area contributed by atoms with E-state index in [0.29, 0.717) is 15.6 Å². The summed E-state index contributed by atoms with van der Waals surface area (Å²) in [6, 6.07) is 9.71. The van der Waals surface area contributed by atoms with E-state index in [1.807, 2.05) is 13.0 Å². The second-order valence-electron chi connectivity index (χ2n) is 5.41. The number of aromatic amines is 1. The van der Waals surface area contributed by atoms with Gasteiger partial charge in [-0.2, -0.15) is 5.10 Å². The number of carboxylic acid groups (broad SMARTS) is 1. The third kappa shape index (κ3) is 4.47. The molecule has 6 nitrogen and oxygen atoms in total. The van der Waals surface area contributed by atoms with Crippen molar-refractivity contribution in [1.29, 1.82) is 0 Å². The fourth-order valence-corrected chi connectivity index (χ4v) is 2.62. The molecular formula is C18H14Cl2N2O4. The van der Waals surface area contributed by atoms with Gasteiger partial charge in [0.2, 0.25) is 0 Å². The number of hydrogen-bond donors (Lipinski definition) is 2. The highest BCUT2D eigenvalue weighted by Crippen LogP contribution is 2.18. The lowest BCUT2D eigenvalue weighted by molar-refractivity contribution is 0.0691. The third-order valence-electron chi connectivity index (χ3n) is 3.53. The molecule has 0 bridgehead atoms.